The van der Waals surface area contributed by atoms with Crippen molar-refractivity contribution in [3.63, 3.8) is 0 Å². The van der Waals surface area contributed by atoms with Gasteiger partial charge in [0.15, 0.2) is 0 Å². The molecule has 0 unspecified atom stereocenters. The van der Waals surface area contributed by atoms with Gasteiger partial charge in [0.2, 0.25) is 0 Å². The van der Waals surface area contributed by atoms with E-state index in [0.29, 0.717) is 0 Å². The predicted molar refractivity (Wildman–Crippen MR) is 26.8 cm³/mol. The second-order valence-electron chi connectivity index (χ2n) is 1.12. The molecule has 0 N–H and O–H groups in total. The van der Waals surface area contributed by atoms with E-state index < -0.39 is 0 Å². The zero-order valence-electron chi connectivity index (χ0n) is 3.36. The Morgan fingerprint density at radius 2 is 2.20 bits per heavy atom. The molecule has 0 aromatic heterocycles. The number of rotatable bonds is 1. The Hall–Kier alpha value is 0.259. The summed E-state index contributed by atoms with van der Waals surface area (Å²) in [6.45, 7) is 5.67. The van der Waals surface area contributed by atoms with E-state index in [1.807, 2.05) is 6.92 Å². The fraction of sp³-hybridized carbons (Fsp3) is 0.500. The zero-order valence-corrected chi connectivity index (χ0v) is 5.24. The molecule has 0 fully saturated rings. The second kappa shape index (κ2) is 2.49. The van der Waals surface area contributed by atoms with Gasteiger partial charge in [0.25, 0.3) is 0 Å². The molecule has 0 saturated heterocycles. The minimum atomic E-state index is 1.05. The second-order valence-corrected chi connectivity index (χ2v) is 1.78. The predicted octanol–water partition coefficient (Wildman–Crippen LogP) is 0.882. The van der Waals surface area contributed by atoms with Crippen LogP contribution >= 0.6 is 0 Å². The zero-order chi connectivity index (χ0) is 4.28. The van der Waals surface area contributed by atoms with E-state index in [0.717, 1.165) is 5.32 Å². The molecular weight excluding hydrogens is 127 g/mol. The van der Waals surface area contributed by atoms with E-state index in [9.17, 15) is 0 Å². The van der Waals surface area contributed by atoms with Gasteiger partial charge in [0.05, 0.1) is 0 Å². The first-order chi connectivity index (χ1) is 2.27. The molecule has 0 bridgehead atoms. The van der Waals surface area contributed by atoms with Crippen molar-refractivity contribution in [1.82, 2.24) is 0 Å². The Morgan fingerprint density at radius 1 is 2.00 bits per heavy atom. The molecule has 0 heterocycles. The third-order valence-electron chi connectivity index (χ3n) is 0.270. The Morgan fingerprint density at radius 3 is 2.20 bits per heavy atom. The van der Waals surface area contributed by atoms with Gasteiger partial charge in [-0.25, -0.2) is 0 Å². The van der Waals surface area contributed by atoms with Gasteiger partial charge in [-0.2, -0.15) is 0 Å². The normalized spacial score (nSPS) is 7.60. The summed E-state index contributed by atoms with van der Waals surface area (Å²) >= 11 is 2.47. The van der Waals surface area contributed by atoms with Crippen LogP contribution < -0.4 is 0 Å². The summed E-state index contributed by atoms with van der Waals surface area (Å²) in [6.07, 6.45) is 0. The summed E-state index contributed by atoms with van der Waals surface area (Å²) in [7, 11) is 0. The van der Waals surface area contributed by atoms with E-state index in [4.69, 9.17) is 0 Å². The Bertz CT molecular complexity index is 38.9. The number of allylic oxidation sites excluding steroid dienone is 1. The van der Waals surface area contributed by atoms with E-state index in [2.05, 4.69) is 22.6 Å². The molecule has 0 aromatic rings. The van der Waals surface area contributed by atoms with Crippen LogP contribution in [0, 0.1) is 0 Å². The molecule has 1 heteroatoms. The summed E-state index contributed by atoms with van der Waals surface area (Å²) in [6, 6.07) is 0. The summed E-state index contributed by atoms with van der Waals surface area (Å²) < 4.78 is 0. The molecule has 0 nitrogen and oxygen atoms in total. The molecule has 0 saturated carbocycles. The minimum absolute atomic E-state index is 1.05. The monoisotopic (exact) mass is 136 g/mol. The molecule has 0 aliphatic rings. The Labute approximate surface area is 41.1 Å². The van der Waals surface area contributed by atoms with E-state index in [1.54, 1.807) is 0 Å². The maximum absolute atomic E-state index is 3.66. The van der Waals surface area contributed by atoms with Crippen molar-refractivity contribution < 1.29 is 0 Å². The molecule has 0 rings (SSSR count). The molecule has 0 amide bonds. The van der Waals surface area contributed by atoms with Crippen LogP contribution in [0.2, 0.25) is 5.32 Å². The van der Waals surface area contributed by atoms with E-state index in [-0.39, 0.29) is 0 Å². The summed E-state index contributed by atoms with van der Waals surface area (Å²) in [4.78, 5) is 0. The standard InChI is InChI=1S/C4H8Se/c1-4(2)3-5/h5H,1,3H2,2H3. The van der Waals surface area contributed by atoms with Crippen LogP contribution in [0.1, 0.15) is 6.92 Å². The van der Waals surface area contributed by atoms with Crippen LogP contribution in [0.25, 0.3) is 0 Å². The SMILES string of the molecule is C=C(C)C[SeH]. The van der Waals surface area contributed by atoms with E-state index in [1.165, 1.54) is 5.57 Å². The average Bonchev–Trinajstić information content (AvgIpc) is 1.38. The van der Waals surface area contributed by atoms with Crippen LogP contribution in [-0.2, 0) is 0 Å². The fourth-order valence-corrected chi connectivity index (χ4v) is 0. The summed E-state index contributed by atoms with van der Waals surface area (Å²) in [5.74, 6) is 0. The van der Waals surface area contributed by atoms with Gasteiger partial charge in [-0.15, -0.1) is 0 Å². The molecule has 0 aliphatic heterocycles. The van der Waals surface area contributed by atoms with Crippen molar-refractivity contribution in [2.75, 3.05) is 0 Å². The third-order valence-corrected chi connectivity index (χ3v) is 1.40. The molecular formula is C4H8Se. The van der Waals surface area contributed by atoms with Gasteiger partial charge >= 0.3 is 40.4 Å². The van der Waals surface area contributed by atoms with Crippen LogP contribution in [0.3, 0.4) is 0 Å². The molecule has 0 atom stereocenters. The molecule has 0 aliphatic carbocycles. The number of hydrogen-bond acceptors (Lipinski definition) is 0. The molecule has 0 aromatic carbocycles. The van der Waals surface area contributed by atoms with Crippen molar-refractivity contribution >= 4 is 16.0 Å². The summed E-state index contributed by atoms with van der Waals surface area (Å²) in [5, 5.41) is 1.05. The van der Waals surface area contributed by atoms with Crippen molar-refractivity contribution in [2.24, 2.45) is 0 Å². The molecule has 5 heavy (non-hydrogen) atoms. The molecule has 0 radical (unpaired) electrons. The van der Waals surface area contributed by atoms with E-state index >= 15 is 0 Å². The van der Waals surface area contributed by atoms with Crippen LogP contribution in [0.4, 0.5) is 0 Å². The Kier molecular flexibility index (Phi) is 2.62. The third kappa shape index (κ3) is 4.26. The van der Waals surface area contributed by atoms with Crippen LogP contribution in [0.5, 0.6) is 0 Å². The van der Waals surface area contributed by atoms with Crippen molar-refractivity contribution in [3.05, 3.63) is 12.2 Å². The van der Waals surface area contributed by atoms with Gasteiger partial charge in [-0.3, -0.25) is 0 Å². The van der Waals surface area contributed by atoms with Crippen molar-refractivity contribution in [2.45, 2.75) is 12.2 Å². The van der Waals surface area contributed by atoms with Gasteiger partial charge in [0.1, 0.15) is 0 Å². The van der Waals surface area contributed by atoms with Gasteiger partial charge in [-0.05, 0) is 0 Å². The average molecular weight is 135 g/mol. The topological polar surface area (TPSA) is 0 Å². The van der Waals surface area contributed by atoms with Crippen molar-refractivity contribution in [3.8, 4) is 0 Å². The number of hydrogen-bond donors (Lipinski definition) is 0. The maximum atomic E-state index is 3.66. The summed E-state index contributed by atoms with van der Waals surface area (Å²) in [5.41, 5.74) is 1.23. The first-order valence-electron chi connectivity index (χ1n) is 1.52. The first-order valence-corrected chi connectivity index (χ1v) is 2.85. The van der Waals surface area contributed by atoms with Crippen molar-refractivity contribution in [1.29, 1.82) is 0 Å². The molecule has 30 valence electrons. The van der Waals surface area contributed by atoms with Crippen LogP contribution in [0.15, 0.2) is 12.2 Å². The van der Waals surface area contributed by atoms with Gasteiger partial charge < -0.3 is 0 Å². The Balaban J connectivity index is 2.85. The molecule has 0 spiro atoms. The first kappa shape index (κ1) is 5.26. The quantitative estimate of drug-likeness (QED) is 0.370. The van der Waals surface area contributed by atoms with Gasteiger partial charge in [0, 0.05) is 0 Å². The fourth-order valence-electron chi connectivity index (χ4n) is 0. The van der Waals surface area contributed by atoms with Gasteiger partial charge in [-0.1, -0.05) is 0 Å². The van der Waals surface area contributed by atoms with Crippen LogP contribution in [-0.4, -0.2) is 16.0 Å².